The van der Waals surface area contributed by atoms with Crippen molar-refractivity contribution in [2.75, 3.05) is 13.1 Å². The summed E-state index contributed by atoms with van der Waals surface area (Å²) < 4.78 is 27.8. The Hall–Kier alpha value is -1.99. The lowest BCUT2D eigenvalue weighted by Crippen LogP contribution is -2.31. The minimum absolute atomic E-state index is 0.0353. The topological polar surface area (TPSA) is 72.3 Å². The molecule has 0 aliphatic rings. The maximum absolute atomic E-state index is 12.5. The van der Waals surface area contributed by atoms with Crippen LogP contribution in [0.2, 0.25) is 0 Å². The lowest BCUT2D eigenvalue weighted by molar-refractivity contribution is 0.111. The first kappa shape index (κ1) is 15.4. The molecule has 0 saturated heterocycles. The minimum atomic E-state index is -3.76. The van der Waals surface area contributed by atoms with Crippen LogP contribution in [0.25, 0.3) is 5.69 Å². The molecule has 0 aliphatic heterocycles. The van der Waals surface area contributed by atoms with Crippen molar-refractivity contribution in [2.24, 2.45) is 0 Å². The molecule has 6 nitrogen and oxygen atoms in total. The molecule has 112 valence electrons. The van der Waals surface area contributed by atoms with Crippen LogP contribution in [0.3, 0.4) is 0 Å². The predicted octanol–water partition coefficient (Wildman–Crippen LogP) is 1.72. The average Bonchev–Trinajstić information content (AvgIpc) is 2.93. The summed E-state index contributed by atoms with van der Waals surface area (Å²) in [6, 6.07) is 9.02. The van der Waals surface area contributed by atoms with Gasteiger partial charge in [-0.1, -0.05) is 32.0 Å². The molecule has 0 atom stereocenters. The smallest absolute Gasteiger partial charge is 0.262 e. The monoisotopic (exact) mass is 307 g/mol. The molecule has 7 heteroatoms. The van der Waals surface area contributed by atoms with Gasteiger partial charge in [-0.25, -0.2) is 13.4 Å². The standard InChI is InChI=1S/C14H17N3O3S/c1-3-16(4-2)21(19,20)14-13(10-18)17(11-15-14)12-8-6-5-7-9-12/h5-11H,3-4H2,1-2H3. The number of imidazole rings is 1. The fourth-order valence-electron chi connectivity index (χ4n) is 2.13. The zero-order chi connectivity index (χ0) is 15.5. The number of aromatic nitrogens is 2. The summed E-state index contributed by atoms with van der Waals surface area (Å²) in [5.41, 5.74) is 0.723. The first-order valence-corrected chi connectivity index (χ1v) is 8.08. The third-order valence-corrected chi connectivity index (χ3v) is 5.20. The van der Waals surface area contributed by atoms with Crippen LogP contribution in [-0.4, -0.2) is 41.6 Å². The first-order valence-electron chi connectivity index (χ1n) is 6.64. The van der Waals surface area contributed by atoms with Gasteiger partial charge < -0.3 is 0 Å². The van der Waals surface area contributed by atoms with Gasteiger partial charge in [0, 0.05) is 18.8 Å². The average molecular weight is 307 g/mol. The SMILES string of the molecule is CCN(CC)S(=O)(=O)c1ncn(-c2ccccc2)c1C=O. The molecule has 0 spiro atoms. The van der Waals surface area contributed by atoms with Crippen molar-refractivity contribution >= 4 is 16.3 Å². The molecule has 21 heavy (non-hydrogen) atoms. The molecule has 2 aromatic rings. The number of aldehydes is 1. The van der Waals surface area contributed by atoms with E-state index in [1.165, 1.54) is 15.2 Å². The Balaban J connectivity index is 2.58. The largest absolute Gasteiger partial charge is 0.296 e. The highest BCUT2D eigenvalue weighted by atomic mass is 32.2. The van der Waals surface area contributed by atoms with E-state index >= 15 is 0 Å². The van der Waals surface area contributed by atoms with Crippen LogP contribution in [0.1, 0.15) is 24.3 Å². The van der Waals surface area contributed by atoms with Crippen molar-refractivity contribution in [3.05, 3.63) is 42.4 Å². The Kier molecular flexibility index (Phi) is 4.54. The van der Waals surface area contributed by atoms with Crippen LogP contribution in [0, 0.1) is 0 Å². The minimum Gasteiger partial charge on any atom is -0.296 e. The van der Waals surface area contributed by atoms with Gasteiger partial charge in [0.15, 0.2) is 11.3 Å². The number of hydrogen-bond acceptors (Lipinski definition) is 4. The van der Waals surface area contributed by atoms with E-state index in [1.807, 2.05) is 18.2 Å². The number of benzene rings is 1. The van der Waals surface area contributed by atoms with Crippen LogP contribution in [-0.2, 0) is 10.0 Å². The van der Waals surface area contributed by atoms with Crippen LogP contribution >= 0.6 is 0 Å². The third kappa shape index (κ3) is 2.74. The van der Waals surface area contributed by atoms with Gasteiger partial charge in [-0.2, -0.15) is 4.31 Å². The number of carbonyl (C=O) groups excluding carboxylic acids is 1. The van der Waals surface area contributed by atoms with E-state index < -0.39 is 10.0 Å². The highest BCUT2D eigenvalue weighted by molar-refractivity contribution is 7.89. The van der Waals surface area contributed by atoms with E-state index in [2.05, 4.69) is 4.98 Å². The maximum atomic E-state index is 12.5. The Morgan fingerprint density at radius 3 is 2.33 bits per heavy atom. The second kappa shape index (κ2) is 6.19. The van der Waals surface area contributed by atoms with Gasteiger partial charge in [-0.3, -0.25) is 9.36 Å². The molecule has 1 aromatic heterocycles. The number of carbonyl (C=O) groups is 1. The highest BCUT2D eigenvalue weighted by Gasteiger charge is 2.29. The summed E-state index contributed by atoms with van der Waals surface area (Å²) in [4.78, 5) is 15.3. The number of sulfonamides is 1. The van der Waals surface area contributed by atoms with E-state index in [9.17, 15) is 13.2 Å². The molecule has 0 fully saturated rings. The summed E-state index contributed by atoms with van der Waals surface area (Å²) in [5, 5.41) is -0.204. The summed E-state index contributed by atoms with van der Waals surface area (Å²) in [7, 11) is -3.76. The first-order chi connectivity index (χ1) is 10.1. The highest BCUT2D eigenvalue weighted by Crippen LogP contribution is 2.20. The van der Waals surface area contributed by atoms with Crippen LogP contribution in [0.5, 0.6) is 0 Å². The molecular weight excluding hydrogens is 290 g/mol. The number of rotatable bonds is 6. The van der Waals surface area contributed by atoms with Crippen molar-refractivity contribution in [1.82, 2.24) is 13.9 Å². The Morgan fingerprint density at radius 1 is 1.19 bits per heavy atom. The molecule has 0 amide bonds. The van der Waals surface area contributed by atoms with E-state index in [1.54, 1.807) is 26.0 Å². The van der Waals surface area contributed by atoms with Crippen molar-refractivity contribution in [3.8, 4) is 5.69 Å². The normalized spacial score (nSPS) is 11.8. The number of para-hydroxylation sites is 1. The van der Waals surface area contributed by atoms with Crippen LogP contribution < -0.4 is 0 Å². The van der Waals surface area contributed by atoms with Crippen LogP contribution in [0.4, 0.5) is 0 Å². The second-order valence-corrected chi connectivity index (χ2v) is 6.20. The van der Waals surface area contributed by atoms with Gasteiger partial charge >= 0.3 is 0 Å². The van der Waals surface area contributed by atoms with Crippen LogP contribution in [0.15, 0.2) is 41.7 Å². The maximum Gasteiger partial charge on any atom is 0.262 e. The van der Waals surface area contributed by atoms with Gasteiger partial charge in [-0.15, -0.1) is 0 Å². The molecule has 0 radical (unpaired) electrons. The molecule has 2 rings (SSSR count). The molecular formula is C14H17N3O3S. The molecule has 1 heterocycles. The Bertz CT molecular complexity index is 719. The molecule has 0 saturated carbocycles. The van der Waals surface area contributed by atoms with Crippen molar-refractivity contribution in [1.29, 1.82) is 0 Å². The van der Waals surface area contributed by atoms with Crippen molar-refractivity contribution in [2.45, 2.75) is 18.9 Å². The quantitative estimate of drug-likeness (QED) is 0.762. The van der Waals surface area contributed by atoms with E-state index in [0.29, 0.717) is 25.1 Å². The van der Waals surface area contributed by atoms with Gasteiger partial charge in [-0.05, 0) is 12.1 Å². The molecule has 0 bridgehead atoms. The molecule has 0 unspecified atom stereocenters. The van der Waals surface area contributed by atoms with Gasteiger partial charge in [0.25, 0.3) is 10.0 Å². The van der Waals surface area contributed by atoms with E-state index in [-0.39, 0.29) is 10.7 Å². The number of nitrogens with zero attached hydrogens (tertiary/aromatic N) is 3. The Morgan fingerprint density at radius 2 is 1.81 bits per heavy atom. The lowest BCUT2D eigenvalue weighted by atomic mass is 10.3. The molecule has 0 aliphatic carbocycles. The molecule has 1 aromatic carbocycles. The predicted molar refractivity (Wildman–Crippen MR) is 79.1 cm³/mol. The van der Waals surface area contributed by atoms with Crippen molar-refractivity contribution < 1.29 is 13.2 Å². The summed E-state index contributed by atoms with van der Waals surface area (Å²) in [6.07, 6.45) is 1.88. The number of hydrogen-bond donors (Lipinski definition) is 0. The summed E-state index contributed by atoms with van der Waals surface area (Å²) >= 11 is 0. The van der Waals surface area contributed by atoms with Gasteiger partial charge in [0.1, 0.15) is 12.0 Å². The van der Waals surface area contributed by atoms with Gasteiger partial charge in [0.05, 0.1) is 0 Å². The fraction of sp³-hybridized carbons (Fsp3) is 0.286. The molecule has 0 N–H and O–H groups in total. The third-order valence-electron chi connectivity index (χ3n) is 3.20. The van der Waals surface area contributed by atoms with Gasteiger partial charge in [0.2, 0.25) is 0 Å². The summed E-state index contributed by atoms with van der Waals surface area (Å²) in [6.45, 7) is 4.15. The van der Waals surface area contributed by atoms with Crippen molar-refractivity contribution in [3.63, 3.8) is 0 Å². The zero-order valence-electron chi connectivity index (χ0n) is 11.9. The van der Waals surface area contributed by atoms with E-state index in [0.717, 1.165) is 0 Å². The summed E-state index contributed by atoms with van der Waals surface area (Å²) in [5.74, 6) is 0. The fourth-order valence-corrected chi connectivity index (χ4v) is 3.64. The lowest BCUT2D eigenvalue weighted by Gasteiger charge is -2.17. The zero-order valence-corrected chi connectivity index (χ0v) is 12.7. The Labute approximate surface area is 124 Å². The second-order valence-electron chi connectivity index (χ2n) is 4.35. The van der Waals surface area contributed by atoms with E-state index in [4.69, 9.17) is 0 Å².